The van der Waals surface area contributed by atoms with Crippen LogP contribution in [0.3, 0.4) is 0 Å². The molecular formula is C12H21NO4. The number of piperidine rings is 1. The summed E-state index contributed by atoms with van der Waals surface area (Å²) < 4.78 is 5.16. The molecule has 1 aliphatic heterocycles. The third-order valence-electron chi connectivity index (χ3n) is 2.99. The van der Waals surface area contributed by atoms with Gasteiger partial charge in [-0.15, -0.1) is 0 Å². The zero-order valence-electron chi connectivity index (χ0n) is 10.4. The Kier molecular flexibility index (Phi) is 5.97. The van der Waals surface area contributed by atoms with Crippen molar-refractivity contribution in [1.29, 1.82) is 0 Å². The Morgan fingerprint density at radius 3 is 2.82 bits per heavy atom. The van der Waals surface area contributed by atoms with Crippen LogP contribution < -0.4 is 0 Å². The Labute approximate surface area is 102 Å². The first-order valence-corrected chi connectivity index (χ1v) is 6.26. The van der Waals surface area contributed by atoms with Crippen LogP contribution in [-0.4, -0.2) is 47.7 Å². The molecule has 1 fully saturated rings. The van der Waals surface area contributed by atoms with Crippen molar-refractivity contribution in [3.05, 3.63) is 0 Å². The number of hydrogen-bond acceptors (Lipinski definition) is 3. The second kappa shape index (κ2) is 7.27. The first-order chi connectivity index (χ1) is 8.16. The van der Waals surface area contributed by atoms with Gasteiger partial charge in [-0.25, -0.2) is 4.79 Å². The van der Waals surface area contributed by atoms with Crippen LogP contribution in [-0.2, 0) is 14.3 Å². The number of amides is 1. The van der Waals surface area contributed by atoms with Crippen molar-refractivity contribution >= 4 is 11.9 Å². The molecule has 1 N–H and O–H groups in total. The predicted octanol–water partition coefficient (Wildman–Crippen LogP) is 1.27. The molecule has 1 heterocycles. The van der Waals surface area contributed by atoms with Crippen LogP contribution in [0, 0.1) is 0 Å². The van der Waals surface area contributed by atoms with Crippen LogP contribution in [0.1, 0.15) is 39.0 Å². The topological polar surface area (TPSA) is 66.8 Å². The van der Waals surface area contributed by atoms with E-state index in [2.05, 4.69) is 0 Å². The maximum absolute atomic E-state index is 11.9. The lowest BCUT2D eigenvalue weighted by atomic mass is 10.0. The minimum Gasteiger partial charge on any atom is -0.480 e. The van der Waals surface area contributed by atoms with E-state index in [0.29, 0.717) is 39.0 Å². The van der Waals surface area contributed by atoms with Gasteiger partial charge in [-0.1, -0.05) is 0 Å². The minimum absolute atomic E-state index is 0.0585. The molecule has 0 saturated carbocycles. The summed E-state index contributed by atoms with van der Waals surface area (Å²) in [6, 6.07) is -0.622. The quantitative estimate of drug-likeness (QED) is 0.713. The summed E-state index contributed by atoms with van der Waals surface area (Å²) >= 11 is 0. The molecule has 0 aromatic carbocycles. The summed E-state index contributed by atoms with van der Waals surface area (Å²) in [5.74, 6) is -0.945. The Morgan fingerprint density at radius 2 is 2.18 bits per heavy atom. The number of carbonyl (C=O) groups excluding carboxylic acids is 1. The van der Waals surface area contributed by atoms with Gasteiger partial charge >= 0.3 is 5.97 Å². The molecule has 1 rings (SSSR count). The molecule has 1 amide bonds. The van der Waals surface area contributed by atoms with Gasteiger partial charge in [0.25, 0.3) is 0 Å². The Hall–Kier alpha value is -1.10. The maximum atomic E-state index is 11.9. The molecule has 0 aromatic rings. The van der Waals surface area contributed by atoms with E-state index < -0.39 is 12.0 Å². The van der Waals surface area contributed by atoms with Crippen LogP contribution in [0.25, 0.3) is 0 Å². The molecule has 1 atom stereocenters. The fraction of sp³-hybridized carbons (Fsp3) is 0.833. The monoisotopic (exact) mass is 243 g/mol. The number of aliphatic carboxylic acids is 1. The Morgan fingerprint density at radius 1 is 1.41 bits per heavy atom. The molecule has 5 heteroatoms. The number of likely N-dealkylation sites (tertiary alicyclic amines) is 1. The number of ether oxygens (including phenoxy) is 1. The minimum atomic E-state index is -0.886. The summed E-state index contributed by atoms with van der Waals surface area (Å²) in [6.45, 7) is 3.70. The van der Waals surface area contributed by atoms with Gasteiger partial charge in [0.05, 0.1) is 0 Å². The molecule has 0 unspecified atom stereocenters. The van der Waals surface area contributed by atoms with Gasteiger partial charge in [0.1, 0.15) is 6.04 Å². The number of carbonyl (C=O) groups is 2. The molecule has 0 spiro atoms. The second-order valence-electron chi connectivity index (χ2n) is 4.24. The second-order valence-corrected chi connectivity index (χ2v) is 4.24. The van der Waals surface area contributed by atoms with Crippen LogP contribution in [0.5, 0.6) is 0 Å². The lowest BCUT2D eigenvalue weighted by Crippen LogP contribution is -2.47. The van der Waals surface area contributed by atoms with Crippen LogP contribution in [0.4, 0.5) is 0 Å². The van der Waals surface area contributed by atoms with E-state index in [1.54, 1.807) is 0 Å². The van der Waals surface area contributed by atoms with Crippen molar-refractivity contribution in [2.75, 3.05) is 19.8 Å². The van der Waals surface area contributed by atoms with Gasteiger partial charge < -0.3 is 14.7 Å². The number of carboxylic acid groups (broad SMARTS) is 1. The van der Waals surface area contributed by atoms with Gasteiger partial charge in [0.15, 0.2) is 0 Å². The van der Waals surface area contributed by atoms with Gasteiger partial charge in [0.2, 0.25) is 5.91 Å². The highest BCUT2D eigenvalue weighted by Crippen LogP contribution is 2.18. The lowest BCUT2D eigenvalue weighted by Gasteiger charge is -2.33. The van der Waals surface area contributed by atoms with E-state index in [0.717, 1.165) is 12.8 Å². The van der Waals surface area contributed by atoms with Gasteiger partial charge in [-0.2, -0.15) is 0 Å². The van der Waals surface area contributed by atoms with Crippen molar-refractivity contribution in [2.45, 2.75) is 45.1 Å². The number of rotatable bonds is 6. The molecule has 0 radical (unpaired) electrons. The van der Waals surface area contributed by atoms with E-state index in [1.165, 1.54) is 4.90 Å². The molecule has 0 aromatic heterocycles. The van der Waals surface area contributed by atoms with Crippen molar-refractivity contribution in [2.24, 2.45) is 0 Å². The van der Waals surface area contributed by atoms with E-state index >= 15 is 0 Å². The summed E-state index contributed by atoms with van der Waals surface area (Å²) in [7, 11) is 0. The maximum Gasteiger partial charge on any atom is 0.326 e. The molecule has 98 valence electrons. The number of hydrogen-bond donors (Lipinski definition) is 1. The largest absolute Gasteiger partial charge is 0.480 e. The summed E-state index contributed by atoms with van der Waals surface area (Å²) in [5, 5.41) is 9.05. The molecule has 0 aliphatic carbocycles. The third-order valence-corrected chi connectivity index (χ3v) is 2.99. The fourth-order valence-electron chi connectivity index (χ4n) is 2.10. The molecule has 1 aliphatic rings. The van der Waals surface area contributed by atoms with E-state index in [4.69, 9.17) is 9.84 Å². The first-order valence-electron chi connectivity index (χ1n) is 6.26. The Balaban J connectivity index is 2.39. The molecule has 17 heavy (non-hydrogen) atoms. The van der Waals surface area contributed by atoms with Gasteiger partial charge in [0, 0.05) is 26.2 Å². The van der Waals surface area contributed by atoms with Gasteiger partial charge in [-0.3, -0.25) is 4.79 Å². The average molecular weight is 243 g/mol. The van der Waals surface area contributed by atoms with Gasteiger partial charge in [-0.05, 0) is 32.6 Å². The van der Waals surface area contributed by atoms with E-state index in [9.17, 15) is 9.59 Å². The van der Waals surface area contributed by atoms with Crippen molar-refractivity contribution in [3.8, 4) is 0 Å². The van der Waals surface area contributed by atoms with E-state index in [1.807, 2.05) is 6.92 Å². The van der Waals surface area contributed by atoms with Crippen molar-refractivity contribution in [1.82, 2.24) is 4.90 Å². The van der Waals surface area contributed by atoms with Crippen LogP contribution in [0.2, 0.25) is 0 Å². The Bertz CT molecular complexity index is 267. The normalized spacial score (nSPS) is 20.3. The lowest BCUT2D eigenvalue weighted by molar-refractivity contribution is -0.152. The molecule has 1 saturated heterocycles. The summed E-state index contributed by atoms with van der Waals surface area (Å²) in [4.78, 5) is 24.4. The van der Waals surface area contributed by atoms with E-state index in [-0.39, 0.29) is 5.91 Å². The van der Waals surface area contributed by atoms with Crippen LogP contribution in [0.15, 0.2) is 0 Å². The highest BCUT2D eigenvalue weighted by atomic mass is 16.5. The zero-order valence-corrected chi connectivity index (χ0v) is 10.4. The average Bonchev–Trinajstić information content (AvgIpc) is 2.34. The van der Waals surface area contributed by atoms with Crippen molar-refractivity contribution in [3.63, 3.8) is 0 Å². The van der Waals surface area contributed by atoms with Crippen molar-refractivity contribution < 1.29 is 19.4 Å². The highest BCUT2D eigenvalue weighted by Gasteiger charge is 2.31. The predicted molar refractivity (Wildman–Crippen MR) is 62.7 cm³/mol. The number of carboxylic acids is 1. The smallest absolute Gasteiger partial charge is 0.326 e. The first kappa shape index (κ1) is 14.0. The molecular weight excluding hydrogens is 222 g/mol. The summed E-state index contributed by atoms with van der Waals surface area (Å²) in [5.41, 5.74) is 0. The molecule has 5 nitrogen and oxygen atoms in total. The SMILES string of the molecule is CCOCCCC(=O)N1CCCC[C@H]1C(=O)O. The standard InChI is InChI=1S/C12H21NO4/c1-2-17-9-5-7-11(14)13-8-4-3-6-10(13)12(15)16/h10H,2-9H2,1H3,(H,15,16)/t10-/m0/s1. The van der Waals surface area contributed by atoms with Crippen LogP contribution >= 0.6 is 0 Å². The fourth-order valence-corrected chi connectivity index (χ4v) is 2.10. The highest BCUT2D eigenvalue weighted by molar-refractivity contribution is 5.83. The molecule has 0 bridgehead atoms. The number of nitrogens with zero attached hydrogens (tertiary/aromatic N) is 1. The third kappa shape index (κ3) is 4.34. The summed E-state index contributed by atoms with van der Waals surface area (Å²) in [6.07, 6.45) is 3.41. The zero-order chi connectivity index (χ0) is 12.7.